The molecule has 0 bridgehead atoms. The van der Waals surface area contributed by atoms with E-state index in [1.165, 1.54) is 18.2 Å². The highest BCUT2D eigenvalue weighted by Crippen LogP contribution is 2.23. The van der Waals surface area contributed by atoms with Crippen molar-refractivity contribution in [3.05, 3.63) is 93.9 Å². The van der Waals surface area contributed by atoms with Crippen LogP contribution in [0.2, 0.25) is 10.0 Å². The predicted molar refractivity (Wildman–Crippen MR) is 111 cm³/mol. The van der Waals surface area contributed by atoms with Gasteiger partial charge in [-0.1, -0.05) is 47.5 Å². The third kappa shape index (κ3) is 6.14. The van der Waals surface area contributed by atoms with Crippen molar-refractivity contribution in [3.8, 4) is 5.75 Å². The van der Waals surface area contributed by atoms with Gasteiger partial charge in [0, 0.05) is 6.08 Å². The van der Waals surface area contributed by atoms with E-state index in [9.17, 15) is 9.59 Å². The van der Waals surface area contributed by atoms with E-state index in [4.69, 9.17) is 32.4 Å². The van der Waals surface area contributed by atoms with Crippen molar-refractivity contribution in [1.29, 1.82) is 0 Å². The highest BCUT2D eigenvalue weighted by molar-refractivity contribution is 6.42. The lowest BCUT2D eigenvalue weighted by Crippen LogP contribution is -2.40. The van der Waals surface area contributed by atoms with Crippen molar-refractivity contribution >= 4 is 41.1 Å². The Morgan fingerprint density at radius 3 is 2.52 bits per heavy atom. The molecule has 0 radical (unpaired) electrons. The molecule has 1 heterocycles. The lowest BCUT2D eigenvalue weighted by atomic mass is 10.2. The number of hydrazine groups is 1. The molecule has 0 atom stereocenters. The van der Waals surface area contributed by atoms with Gasteiger partial charge in [0.05, 0.1) is 10.0 Å². The fraction of sp³-hybridized carbons (Fsp3) is 0.0476. The number of hydrogen-bond acceptors (Lipinski definition) is 4. The summed E-state index contributed by atoms with van der Waals surface area (Å²) in [5, 5.41) is 0.805. The second-order valence-electron chi connectivity index (χ2n) is 5.82. The number of furan rings is 1. The maximum absolute atomic E-state index is 12.1. The van der Waals surface area contributed by atoms with Crippen LogP contribution in [0.3, 0.4) is 0 Å². The topological polar surface area (TPSA) is 80.6 Å². The number of para-hydroxylation sites is 1. The summed E-state index contributed by atoms with van der Waals surface area (Å²) < 4.78 is 11.0. The smallest absolute Gasteiger partial charge is 0.305 e. The van der Waals surface area contributed by atoms with Gasteiger partial charge in [-0.25, -0.2) is 0 Å². The monoisotopic (exact) mass is 430 g/mol. The summed E-state index contributed by atoms with van der Waals surface area (Å²) in [5.74, 6) is 0.0991. The van der Waals surface area contributed by atoms with Gasteiger partial charge in [-0.3, -0.25) is 20.4 Å². The highest BCUT2D eigenvalue weighted by Gasteiger charge is 2.12. The molecule has 148 valence electrons. The largest absolute Gasteiger partial charge is 0.486 e. The van der Waals surface area contributed by atoms with E-state index in [0.29, 0.717) is 27.1 Å². The van der Waals surface area contributed by atoms with Crippen LogP contribution in [-0.4, -0.2) is 11.8 Å². The van der Waals surface area contributed by atoms with Crippen LogP contribution in [-0.2, 0) is 11.4 Å². The zero-order valence-corrected chi connectivity index (χ0v) is 16.5. The van der Waals surface area contributed by atoms with Gasteiger partial charge in [-0.05, 0) is 48.0 Å². The van der Waals surface area contributed by atoms with E-state index < -0.39 is 11.8 Å². The van der Waals surface area contributed by atoms with Crippen LogP contribution < -0.4 is 15.6 Å². The average molecular weight is 431 g/mol. The van der Waals surface area contributed by atoms with Crippen molar-refractivity contribution in [2.24, 2.45) is 0 Å². The molecule has 0 saturated carbocycles. The van der Waals surface area contributed by atoms with Crippen LogP contribution in [0.15, 0.2) is 71.2 Å². The van der Waals surface area contributed by atoms with Gasteiger partial charge < -0.3 is 9.15 Å². The average Bonchev–Trinajstić information content (AvgIpc) is 3.21. The molecule has 29 heavy (non-hydrogen) atoms. The van der Waals surface area contributed by atoms with Gasteiger partial charge in [0.1, 0.15) is 18.1 Å². The van der Waals surface area contributed by atoms with E-state index in [1.807, 2.05) is 30.3 Å². The fourth-order valence-electron chi connectivity index (χ4n) is 2.26. The summed E-state index contributed by atoms with van der Waals surface area (Å²) in [6.07, 6.45) is 2.79. The molecule has 0 aliphatic heterocycles. The summed E-state index contributed by atoms with van der Waals surface area (Å²) in [6, 6.07) is 17.3. The molecular formula is C21H16Cl2N2O4. The van der Waals surface area contributed by atoms with Crippen molar-refractivity contribution < 1.29 is 18.7 Å². The summed E-state index contributed by atoms with van der Waals surface area (Å²) in [5.41, 5.74) is 5.23. The Labute approximate surface area is 177 Å². The predicted octanol–water partition coefficient (Wildman–Crippen LogP) is 4.64. The Hall–Kier alpha value is -3.22. The molecule has 6 nitrogen and oxygen atoms in total. The van der Waals surface area contributed by atoms with Crippen molar-refractivity contribution in [1.82, 2.24) is 10.9 Å². The molecule has 0 fully saturated rings. The third-order valence-corrected chi connectivity index (χ3v) is 4.42. The van der Waals surface area contributed by atoms with Crippen LogP contribution in [0.4, 0.5) is 0 Å². The number of halogens is 2. The van der Waals surface area contributed by atoms with Gasteiger partial charge in [0.15, 0.2) is 5.76 Å². The molecule has 2 amide bonds. The Morgan fingerprint density at radius 2 is 1.76 bits per heavy atom. The Bertz CT molecular complexity index is 1030. The van der Waals surface area contributed by atoms with E-state index in [0.717, 1.165) is 0 Å². The lowest BCUT2D eigenvalue weighted by molar-refractivity contribution is -0.117. The van der Waals surface area contributed by atoms with E-state index in [-0.39, 0.29) is 12.4 Å². The first-order chi connectivity index (χ1) is 14.0. The first-order valence-corrected chi connectivity index (χ1v) is 9.27. The number of carbonyl (C=O) groups excluding carboxylic acids is 2. The van der Waals surface area contributed by atoms with Gasteiger partial charge in [-0.2, -0.15) is 0 Å². The Balaban J connectivity index is 1.47. The Morgan fingerprint density at radius 1 is 0.966 bits per heavy atom. The zero-order chi connectivity index (χ0) is 20.6. The van der Waals surface area contributed by atoms with Gasteiger partial charge in [0.2, 0.25) is 0 Å². The summed E-state index contributed by atoms with van der Waals surface area (Å²) in [4.78, 5) is 23.9. The van der Waals surface area contributed by atoms with Crippen LogP contribution >= 0.6 is 23.2 Å². The summed E-state index contributed by atoms with van der Waals surface area (Å²) in [6.45, 7) is 0.177. The molecule has 1 aromatic heterocycles. The van der Waals surface area contributed by atoms with Crippen LogP contribution in [0.1, 0.15) is 21.9 Å². The molecule has 8 heteroatoms. The fourth-order valence-corrected chi connectivity index (χ4v) is 2.56. The molecule has 2 aromatic carbocycles. The SMILES string of the molecule is O=C(/C=C/c1ccc(Cl)c(Cl)c1)NNC(=O)c1ccc(COc2ccccc2)o1. The Kier molecular flexibility index (Phi) is 6.94. The number of benzene rings is 2. The quantitative estimate of drug-likeness (QED) is 0.440. The maximum Gasteiger partial charge on any atom is 0.305 e. The highest BCUT2D eigenvalue weighted by atomic mass is 35.5. The molecule has 3 aromatic rings. The van der Waals surface area contributed by atoms with Gasteiger partial charge >= 0.3 is 5.91 Å². The zero-order valence-electron chi connectivity index (χ0n) is 15.0. The number of hydrogen-bond donors (Lipinski definition) is 2. The number of carbonyl (C=O) groups is 2. The molecule has 0 aliphatic carbocycles. The van der Waals surface area contributed by atoms with Gasteiger partial charge in [0.25, 0.3) is 5.91 Å². The number of nitrogens with one attached hydrogen (secondary N) is 2. The summed E-state index contributed by atoms with van der Waals surface area (Å²) in [7, 11) is 0. The molecule has 3 rings (SSSR count). The van der Waals surface area contributed by atoms with Gasteiger partial charge in [-0.15, -0.1) is 0 Å². The third-order valence-electron chi connectivity index (χ3n) is 3.68. The van der Waals surface area contributed by atoms with Crippen LogP contribution in [0, 0.1) is 0 Å². The number of ether oxygens (including phenoxy) is 1. The number of rotatable bonds is 6. The lowest BCUT2D eigenvalue weighted by Gasteiger charge is -2.04. The molecule has 0 unspecified atom stereocenters. The van der Waals surface area contributed by atoms with Crippen molar-refractivity contribution in [2.45, 2.75) is 6.61 Å². The van der Waals surface area contributed by atoms with E-state index in [1.54, 1.807) is 24.3 Å². The van der Waals surface area contributed by atoms with Crippen molar-refractivity contribution in [3.63, 3.8) is 0 Å². The normalized spacial score (nSPS) is 10.7. The minimum atomic E-state index is -0.591. The standard InChI is InChI=1S/C21H16Cl2N2O4/c22-17-9-6-14(12-18(17)23)7-11-20(26)24-25-21(27)19-10-8-16(29-19)13-28-15-4-2-1-3-5-15/h1-12H,13H2,(H,24,26)(H,25,27)/b11-7+. The second-order valence-corrected chi connectivity index (χ2v) is 6.63. The van der Waals surface area contributed by atoms with Crippen LogP contribution in [0.5, 0.6) is 5.75 Å². The van der Waals surface area contributed by atoms with Crippen LogP contribution in [0.25, 0.3) is 6.08 Å². The molecule has 0 aliphatic rings. The minimum Gasteiger partial charge on any atom is -0.486 e. The molecular weight excluding hydrogens is 415 g/mol. The summed E-state index contributed by atoms with van der Waals surface area (Å²) >= 11 is 11.8. The van der Waals surface area contributed by atoms with E-state index >= 15 is 0 Å². The molecule has 2 N–H and O–H groups in total. The first kappa shape index (κ1) is 20.5. The minimum absolute atomic E-state index is 0.0467. The second kappa shape index (κ2) is 9.82. The van der Waals surface area contributed by atoms with Crippen molar-refractivity contribution in [2.75, 3.05) is 0 Å². The maximum atomic E-state index is 12.1. The first-order valence-electron chi connectivity index (χ1n) is 8.51. The molecule has 0 saturated heterocycles. The van der Waals surface area contributed by atoms with E-state index in [2.05, 4.69) is 10.9 Å². The molecule has 0 spiro atoms. The number of amides is 2.